The molecule has 3 aromatic rings. The molecule has 1 aromatic heterocycles. The lowest BCUT2D eigenvalue weighted by atomic mass is 10.2. The zero-order chi connectivity index (χ0) is 20.3. The van der Waals surface area contributed by atoms with Gasteiger partial charge in [0.15, 0.2) is 11.6 Å². The van der Waals surface area contributed by atoms with Gasteiger partial charge in [-0.3, -0.25) is 0 Å². The van der Waals surface area contributed by atoms with E-state index in [1.54, 1.807) is 23.7 Å². The highest BCUT2D eigenvalue weighted by atomic mass is 19.1. The molecule has 0 amide bonds. The molecule has 1 heterocycles. The van der Waals surface area contributed by atoms with Crippen molar-refractivity contribution in [3.8, 4) is 11.8 Å². The molecule has 142 valence electrons. The van der Waals surface area contributed by atoms with Gasteiger partial charge in [-0.1, -0.05) is 12.1 Å². The summed E-state index contributed by atoms with van der Waals surface area (Å²) in [4.78, 5) is 16.4. The minimum atomic E-state index is -0.978. The third-order valence-electron chi connectivity index (χ3n) is 4.15. The number of hydrogen-bond acceptors (Lipinski definition) is 6. The van der Waals surface area contributed by atoms with Crippen molar-refractivity contribution < 1.29 is 23.8 Å². The molecule has 1 N–H and O–H groups in total. The van der Waals surface area contributed by atoms with Gasteiger partial charge in [-0.25, -0.2) is 14.2 Å². The maximum atomic E-state index is 14.0. The van der Waals surface area contributed by atoms with Gasteiger partial charge in [0, 0.05) is 13.1 Å². The van der Waals surface area contributed by atoms with Crippen LogP contribution in [0.5, 0.6) is 5.75 Å². The molecule has 3 rings (SSSR count). The Morgan fingerprint density at radius 3 is 2.71 bits per heavy atom. The van der Waals surface area contributed by atoms with Crippen LogP contribution in [0, 0.1) is 17.1 Å². The first-order valence-electron chi connectivity index (χ1n) is 8.21. The topological polar surface area (TPSA) is 97.4 Å². The first kappa shape index (κ1) is 18.9. The quantitative estimate of drug-likeness (QED) is 0.413. The first-order valence-corrected chi connectivity index (χ1v) is 8.21. The highest BCUT2D eigenvalue weighted by Gasteiger charge is 2.19. The number of para-hydroxylation sites is 2. The van der Waals surface area contributed by atoms with Crippen LogP contribution in [0.15, 0.2) is 48.2 Å². The number of esters is 1. The molecule has 0 saturated carbocycles. The molecule has 0 aliphatic rings. The van der Waals surface area contributed by atoms with Crippen LogP contribution < -0.4 is 4.74 Å². The summed E-state index contributed by atoms with van der Waals surface area (Å²) in [5, 5.41) is 19.7. The number of aryl methyl sites for hydroxylation is 1. The van der Waals surface area contributed by atoms with E-state index in [0.29, 0.717) is 5.52 Å². The van der Waals surface area contributed by atoms with E-state index in [-0.39, 0.29) is 22.7 Å². The van der Waals surface area contributed by atoms with E-state index in [9.17, 15) is 19.6 Å². The zero-order valence-electron chi connectivity index (χ0n) is 15.1. The predicted molar refractivity (Wildman–Crippen MR) is 99.1 cm³/mol. The summed E-state index contributed by atoms with van der Waals surface area (Å²) in [7, 11) is 3.08. The number of aliphatic hydroxyl groups is 1. The van der Waals surface area contributed by atoms with Crippen LogP contribution >= 0.6 is 0 Å². The Morgan fingerprint density at radius 1 is 1.32 bits per heavy atom. The Hall–Kier alpha value is -3.86. The third kappa shape index (κ3) is 3.50. The number of fused-ring (bicyclic) bond motifs is 1. The molecule has 0 fully saturated rings. The van der Waals surface area contributed by atoms with Crippen molar-refractivity contribution in [2.75, 3.05) is 13.7 Å². The SMILES string of the molecule is COc1ccc(C(=O)OC/C(O)=C(\C#N)c2nc3ccccc3n2C)c(F)c1. The molecule has 0 radical (unpaired) electrons. The van der Waals surface area contributed by atoms with E-state index < -0.39 is 24.2 Å². The number of aliphatic hydroxyl groups excluding tert-OH is 1. The molecule has 2 aromatic carbocycles. The van der Waals surface area contributed by atoms with Crippen LogP contribution in [0.1, 0.15) is 16.2 Å². The Kier molecular flexibility index (Phi) is 5.27. The number of allylic oxidation sites excluding steroid dienone is 1. The maximum absolute atomic E-state index is 14.0. The number of rotatable bonds is 5. The van der Waals surface area contributed by atoms with Crippen LogP contribution in [0.3, 0.4) is 0 Å². The lowest BCUT2D eigenvalue weighted by molar-refractivity contribution is 0.0497. The minimum Gasteiger partial charge on any atom is -0.507 e. The number of hydrogen-bond donors (Lipinski definition) is 1. The average Bonchev–Trinajstić information content (AvgIpc) is 3.03. The molecular formula is C20H16FN3O4. The van der Waals surface area contributed by atoms with Crippen LogP contribution in [0.25, 0.3) is 16.6 Å². The molecule has 0 saturated heterocycles. The van der Waals surface area contributed by atoms with E-state index in [2.05, 4.69) is 4.98 Å². The summed E-state index contributed by atoms with van der Waals surface area (Å²) in [6.07, 6.45) is 0. The molecule has 28 heavy (non-hydrogen) atoms. The molecule has 0 aliphatic heterocycles. The number of aromatic nitrogens is 2. The third-order valence-corrected chi connectivity index (χ3v) is 4.15. The Morgan fingerprint density at radius 2 is 2.07 bits per heavy atom. The van der Waals surface area contributed by atoms with Gasteiger partial charge in [-0.15, -0.1) is 0 Å². The molecule has 0 bridgehead atoms. The van der Waals surface area contributed by atoms with Gasteiger partial charge >= 0.3 is 5.97 Å². The van der Waals surface area contributed by atoms with Crippen LogP contribution in [0.4, 0.5) is 4.39 Å². The molecule has 8 heteroatoms. The molecule has 0 atom stereocenters. The summed E-state index contributed by atoms with van der Waals surface area (Å²) < 4.78 is 25.4. The van der Waals surface area contributed by atoms with Crippen LogP contribution in [-0.4, -0.2) is 34.3 Å². The monoisotopic (exact) mass is 381 g/mol. The van der Waals surface area contributed by atoms with Crippen molar-refractivity contribution in [1.82, 2.24) is 9.55 Å². The second-order valence-electron chi connectivity index (χ2n) is 5.84. The molecule has 0 spiro atoms. The van der Waals surface area contributed by atoms with Gasteiger partial charge < -0.3 is 19.1 Å². The van der Waals surface area contributed by atoms with Crippen molar-refractivity contribution >= 4 is 22.6 Å². The van der Waals surface area contributed by atoms with Crippen LogP contribution in [-0.2, 0) is 11.8 Å². The summed E-state index contributed by atoms with van der Waals surface area (Å²) in [6, 6.07) is 12.8. The number of carbonyl (C=O) groups is 1. The van der Waals surface area contributed by atoms with E-state index in [1.165, 1.54) is 19.2 Å². The molecule has 0 unspecified atom stereocenters. The van der Waals surface area contributed by atoms with Crippen molar-refractivity contribution in [3.05, 3.63) is 65.4 Å². The van der Waals surface area contributed by atoms with E-state index >= 15 is 0 Å². The van der Waals surface area contributed by atoms with Crippen molar-refractivity contribution in [3.63, 3.8) is 0 Å². The predicted octanol–water partition coefficient (Wildman–Crippen LogP) is 3.37. The number of nitrogens with zero attached hydrogens (tertiary/aromatic N) is 3. The largest absolute Gasteiger partial charge is 0.507 e. The van der Waals surface area contributed by atoms with E-state index in [1.807, 2.05) is 18.2 Å². The van der Waals surface area contributed by atoms with Gasteiger partial charge in [-0.2, -0.15) is 5.26 Å². The fourth-order valence-electron chi connectivity index (χ4n) is 2.68. The standard InChI is InChI=1S/C20H16FN3O4/c1-24-17-6-4-3-5-16(17)23-19(24)14(10-22)18(25)11-28-20(26)13-8-7-12(27-2)9-15(13)21/h3-9,25H,11H2,1-2H3/b18-14-. The van der Waals surface area contributed by atoms with Gasteiger partial charge in [-0.05, 0) is 24.3 Å². The van der Waals surface area contributed by atoms with Gasteiger partial charge in [0.25, 0.3) is 0 Å². The Bertz CT molecular complexity index is 1130. The lowest BCUT2D eigenvalue weighted by Crippen LogP contribution is -2.11. The summed E-state index contributed by atoms with van der Waals surface area (Å²) >= 11 is 0. The Labute approximate surface area is 159 Å². The van der Waals surface area contributed by atoms with E-state index in [0.717, 1.165) is 11.6 Å². The van der Waals surface area contributed by atoms with Crippen molar-refractivity contribution in [1.29, 1.82) is 5.26 Å². The maximum Gasteiger partial charge on any atom is 0.341 e. The van der Waals surface area contributed by atoms with Crippen LogP contribution in [0.2, 0.25) is 0 Å². The van der Waals surface area contributed by atoms with Gasteiger partial charge in [0.1, 0.15) is 29.8 Å². The molecular weight excluding hydrogens is 365 g/mol. The lowest BCUT2D eigenvalue weighted by Gasteiger charge is -2.08. The Balaban J connectivity index is 1.84. The fourth-order valence-corrected chi connectivity index (χ4v) is 2.68. The molecule has 0 aliphatic carbocycles. The van der Waals surface area contributed by atoms with Gasteiger partial charge in [0.2, 0.25) is 0 Å². The summed E-state index contributed by atoms with van der Waals surface area (Å²) in [5.74, 6) is -1.79. The first-order chi connectivity index (χ1) is 13.5. The van der Waals surface area contributed by atoms with Crippen molar-refractivity contribution in [2.24, 2.45) is 7.05 Å². The number of imidazole rings is 1. The van der Waals surface area contributed by atoms with Gasteiger partial charge in [0.05, 0.1) is 23.7 Å². The zero-order valence-corrected chi connectivity index (χ0v) is 15.1. The second-order valence-corrected chi connectivity index (χ2v) is 5.84. The number of methoxy groups -OCH3 is 1. The highest BCUT2D eigenvalue weighted by molar-refractivity contribution is 5.90. The smallest absolute Gasteiger partial charge is 0.341 e. The second kappa shape index (κ2) is 7.80. The number of benzene rings is 2. The highest BCUT2D eigenvalue weighted by Crippen LogP contribution is 2.22. The number of carbonyl (C=O) groups excluding carboxylic acids is 1. The van der Waals surface area contributed by atoms with E-state index in [4.69, 9.17) is 9.47 Å². The van der Waals surface area contributed by atoms with Crippen molar-refractivity contribution in [2.45, 2.75) is 0 Å². The molecule has 7 nitrogen and oxygen atoms in total. The minimum absolute atomic E-state index is 0.137. The number of nitriles is 1. The number of ether oxygens (including phenoxy) is 2. The normalized spacial score (nSPS) is 11.6. The summed E-state index contributed by atoms with van der Waals surface area (Å²) in [5.41, 5.74) is 0.977. The summed E-state index contributed by atoms with van der Waals surface area (Å²) in [6.45, 7) is -0.601. The number of halogens is 1. The average molecular weight is 381 g/mol. The fraction of sp³-hybridized carbons (Fsp3) is 0.150.